The van der Waals surface area contributed by atoms with Crippen LogP contribution in [0, 0.1) is 0 Å². The van der Waals surface area contributed by atoms with Crippen LogP contribution in [0.25, 0.3) is 0 Å². The highest BCUT2D eigenvalue weighted by molar-refractivity contribution is 7.80. The molecular formula is C12H14O4S. The molecule has 0 fully saturated rings. The first-order chi connectivity index (χ1) is 8.10. The largest absolute Gasteiger partial charge is 0.495 e. The monoisotopic (exact) mass is 254 g/mol. The average Bonchev–Trinajstić information content (AvgIpc) is 2.28. The maximum absolute atomic E-state index is 10.6. The fraction of sp³-hybridized carbons (Fsp3) is 0.417. The summed E-state index contributed by atoms with van der Waals surface area (Å²) in [6, 6.07) is 3.68. The summed E-state index contributed by atoms with van der Waals surface area (Å²) in [5, 5.41) is 8.74. The van der Waals surface area contributed by atoms with Gasteiger partial charge in [0.1, 0.15) is 17.6 Å². The molecule has 17 heavy (non-hydrogen) atoms. The number of aryl methyl sites for hydroxylation is 1. The van der Waals surface area contributed by atoms with E-state index >= 15 is 0 Å². The molecule has 0 bridgehead atoms. The van der Waals surface area contributed by atoms with Crippen LogP contribution in [0.5, 0.6) is 11.5 Å². The van der Waals surface area contributed by atoms with Crippen LogP contribution in [-0.4, -0.2) is 24.3 Å². The Labute approximate surface area is 105 Å². The zero-order chi connectivity index (χ0) is 12.4. The molecule has 5 heteroatoms. The van der Waals surface area contributed by atoms with Gasteiger partial charge in [0.15, 0.2) is 0 Å². The molecule has 1 aliphatic rings. The SMILES string of the molecule is COc1cc2c(cc1S)CCC(CC(=O)O)O2. The molecule has 1 unspecified atom stereocenters. The zero-order valence-corrected chi connectivity index (χ0v) is 10.4. The summed E-state index contributed by atoms with van der Waals surface area (Å²) in [6.07, 6.45) is 1.31. The van der Waals surface area contributed by atoms with E-state index in [4.69, 9.17) is 14.6 Å². The Morgan fingerprint density at radius 3 is 3.06 bits per heavy atom. The summed E-state index contributed by atoms with van der Waals surface area (Å²) in [6.45, 7) is 0. The highest BCUT2D eigenvalue weighted by atomic mass is 32.1. The second kappa shape index (κ2) is 4.87. The van der Waals surface area contributed by atoms with Crippen LogP contribution in [0.15, 0.2) is 17.0 Å². The van der Waals surface area contributed by atoms with E-state index in [0.29, 0.717) is 11.5 Å². The molecule has 0 amide bonds. The number of carbonyl (C=O) groups is 1. The summed E-state index contributed by atoms with van der Waals surface area (Å²) in [7, 11) is 1.57. The minimum atomic E-state index is -0.837. The number of thiol groups is 1. The minimum absolute atomic E-state index is 0.0321. The van der Waals surface area contributed by atoms with Gasteiger partial charge in [-0.15, -0.1) is 12.6 Å². The van der Waals surface area contributed by atoms with Crippen molar-refractivity contribution in [3.05, 3.63) is 17.7 Å². The molecule has 1 N–H and O–H groups in total. The van der Waals surface area contributed by atoms with Gasteiger partial charge in [-0.05, 0) is 24.5 Å². The second-order valence-corrected chi connectivity index (χ2v) is 4.49. The Balaban J connectivity index is 2.22. The topological polar surface area (TPSA) is 55.8 Å². The number of hydrogen-bond acceptors (Lipinski definition) is 4. The van der Waals surface area contributed by atoms with Gasteiger partial charge in [0.2, 0.25) is 0 Å². The van der Waals surface area contributed by atoms with Crippen LogP contribution in [-0.2, 0) is 11.2 Å². The number of rotatable bonds is 3. The van der Waals surface area contributed by atoms with Crippen LogP contribution in [0.4, 0.5) is 0 Å². The van der Waals surface area contributed by atoms with Gasteiger partial charge in [0.25, 0.3) is 0 Å². The van der Waals surface area contributed by atoms with Crippen molar-refractivity contribution in [1.29, 1.82) is 0 Å². The highest BCUT2D eigenvalue weighted by Gasteiger charge is 2.23. The predicted molar refractivity (Wildman–Crippen MR) is 65.2 cm³/mol. The van der Waals surface area contributed by atoms with Crippen LogP contribution in [0.2, 0.25) is 0 Å². The lowest BCUT2D eigenvalue weighted by Gasteiger charge is -2.25. The number of ether oxygens (including phenoxy) is 2. The van der Waals surface area contributed by atoms with E-state index in [1.54, 1.807) is 13.2 Å². The number of aliphatic carboxylic acids is 1. The Kier molecular flexibility index (Phi) is 3.47. The fourth-order valence-electron chi connectivity index (χ4n) is 1.96. The van der Waals surface area contributed by atoms with E-state index in [2.05, 4.69) is 12.6 Å². The summed E-state index contributed by atoms with van der Waals surface area (Å²) in [5.74, 6) is 0.511. The minimum Gasteiger partial charge on any atom is -0.495 e. The third-order valence-electron chi connectivity index (χ3n) is 2.79. The van der Waals surface area contributed by atoms with Crippen LogP contribution in [0.1, 0.15) is 18.4 Å². The molecule has 4 nitrogen and oxygen atoms in total. The predicted octanol–water partition coefficient (Wildman–Crippen LogP) is 2.15. The van der Waals surface area contributed by atoms with Gasteiger partial charge in [-0.1, -0.05) is 0 Å². The van der Waals surface area contributed by atoms with Crippen molar-refractivity contribution in [3.63, 3.8) is 0 Å². The van der Waals surface area contributed by atoms with E-state index in [-0.39, 0.29) is 12.5 Å². The lowest BCUT2D eigenvalue weighted by Crippen LogP contribution is -2.25. The van der Waals surface area contributed by atoms with Gasteiger partial charge in [0.05, 0.1) is 13.5 Å². The maximum Gasteiger partial charge on any atom is 0.307 e. The molecule has 0 saturated carbocycles. The smallest absolute Gasteiger partial charge is 0.307 e. The van der Waals surface area contributed by atoms with Gasteiger partial charge in [-0.25, -0.2) is 0 Å². The Hall–Kier alpha value is -1.36. The summed E-state index contributed by atoms with van der Waals surface area (Å²) < 4.78 is 10.8. The molecule has 0 radical (unpaired) electrons. The van der Waals surface area contributed by atoms with E-state index in [1.807, 2.05) is 6.07 Å². The Bertz CT molecular complexity index is 444. The van der Waals surface area contributed by atoms with Gasteiger partial charge < -0.3 is 14.6 Å². The summed E-state index contributed by atoms with van der Waals surface area (Å²) >= 11 is 4.32. The lowest BCUT2D eigenvalue weighted by molar-refractivity contribution is -0.139. The molecule has 0 aromatic heterocycles. The van der Waals surface area contributed by atoms with Crippen molar-refractivity contribution in [1.82, 2.24) is 0 Å². The van der Waals surface area contributed by atoms with Gasteiger partial charge >= 0.3 is 5.97 Å². The highest BCUT2D eigenvalue weighted by Crippen LogP contribution is 2.36. The van der Waals surface area contributed by atoms with Crippen molar-refractivity contribution in [2.75, 3.05) is 7.11 Å². The number of fused-ring (bicyclic) bond motifs is 1. The number of benzene rings is 1. The van der Waals surface area contributed by atoms with Crippen LogP contribution >= 0.6 is 12.6 Å². The molecule has 1 aromatic rings. The van der Waals surface area contributed by atoms with Crippen LogP contribution < -0.4 is 9.47 Å². The number of methoxy groups -OCH3 is 1. The molecule has 1 aromatic carbocycles. The second-order valence-electron chi connectivity index (χ2n) is 4.01. The van der Waals surface area contributed by atoms with Crippen molar-refractivity contribution in [2.45, 2.75) is 30.3 Å². The van der Waals surface area contributed by atoms with E-state index in [0.717, 1.165) is 23.3 Å². The molecule has 1 atom stereocenters. The number of carboxylic acids is 1. The normalized spacial score (nSPS) is 18.1. The van der Waals surface area contributed by atoms with E-state index < -0.39 is 5.97 Å². The van der Waals surface area contributed by atoms with E-state index in [1.165, 1.54) is 0 Å². The third-order valence-corrected chi connectivity index (χ3v) is 3.14. The molecule has 2 rings (SSSR count). The standard InChI is InChI=1S/C12H14O4S/c1-15-10-6-9-7(4-11(10)17)2-3-8(16-9)5-12(13)14/h4,6,8,17H,2-3,5H2,1H3,(H,13,14). The number of hydrogen-bond donors (Lipinski definition) is 2. The molecule has 92 valence electrons. The Morgan fingerprint density at radius 2 is 2.41 bits per heavy atom. The number of carboxylic acid groups (broad SMARTS) is 1. The van der Waals surface area contributed by atoms with Crippen molar-refractivity contribution in [2.24, 2.45) is 0 Å². The quantitative estimate of drug-likeness (QED) is 0.812. The van der Waals surface area contributed by atoms with Gasteiger partial charge in [-0.2, -0.15) is 0 Å². The molecule has 1 aliphatic heterocycles. The maximum atomic E-state index is 10.6. The molecular weight excluding hydrogens is 240 g/mol. The molecule has 0 aliphatic carbocycles. The van der Waals surface area contributed by atoms with E-state index in [9.17, 15) is 4.79 Å². The third kappa shape index (κ3) is 2.66. The summed E-state index contributed by atoms with van der Waals surface area (Å²) in [5.41, 5.74) is 1.05. The lowest BCUT2D eigenvalue weighted by atomic mass is 10.0. The van der Waals surface area contributed by atoms with Crippen molar-refractivity contribution >= 4 is 18.6 Å². The first-order valence-electron chi connectivity index (χ1n) is 5.38. The Morgan fingerprint density at radius 1 is 1.65 bits per heavy atom. The van der Waals surface area contributed by atoms with Crippen molar-refractivity contribution < 1.29 is 19.4 Å². The van der Waals surface area contributed by atoms with Crippen LogP contribution in [0.3, 0.4) is 0 Å². The first-order valence-corrected chi connectivity index (χ1v) is 5.83. The molecule has 1 heterocycles. The average molecular weight is 254 g/mol. The molecule has 0 spiro atoms. The first kappa shape index (κ1) is 12.1. The fourth-order valence-corrected chi connectivity index (χ4v) is 2.27. The summed E-state index contributed by atoms with van der Waals surface area (Å²) in [4.78, 5) is 11.4. The van der Waals surface area contributed by atoms with Gasteiger partial charge in [0, 0.05) is 11.0 Å². The van der Waals surface area contributed by atoms with Gasteiger partial charge in [-0.3, -0.25) is 4.79 Å². The van der Waals surface area contributed by atoms with Crippen molar-refractivity contribution in [3.8, 4) is 11.5 Å². The zero-order valence-electron chi connectivity index (χ0n) is 9.47. The molecule has 0 saturated heterocycles.